The van der Waals surface area contributed by atoms with Gasteiger partial charge in [-0.05, 0) is 31.0 Å². The molecule has 1 aliphatic rings. The number of fused-ring (bicyclic) bond motifs is 1. The van der Waals surface area contributed by atoms with Crippen LogP contribution in [0, 0.1) is 12.7 Å². The van der Waals surface area contributed by atoms with Gasteiger partial charge in [-0.25, -0.2) is 4.39 Å². The lowest BCUT2D eigenvalue weighted by atomic mass is 10.0. The summed E-state index contributed by atoms with van der Waals surface area (Å²) >= 11 is 0. The summed E-state index contributed by atoms with van der Waals surface area (Å²) in [7, 11) is 1.73. The topological polar surface area (TPSA) is 76.0 Å². The maximum absolute atomic E-state index is 14.1. The van der Waals surface area contributed by atoms with Crippen molar-refractivity contribution in [1.29, 1.82) is 0 Å². The van der Waals surface area contributed by atoms with Crippen LogP contribution in [0.3, 0.4) is 0 Å². The molecule has 0 saturated heterocycles. The van der Waals surface area contributed by atoms with Gasteiger partial charge in [-0.3, -0.25) is 14.3 Å². The number of halogens is 1. The smallest absolute Gasteiger partial charge is 0.259 e. The van der Waals surface area contributed by atoms with Crippen molar-refractivity contribution in [2.24, 2.45) is 7.05 Å². The van der Waals surface area contributed by atoms with E-state index < -0.39 is 11.7 Å². The molecule has 1 aromatic heterocycles. The third kappa shape index (κ3) is 2.45. The number of rotatable bonds is 2. The van der Waals surface area contributed by atoms with Crippen molar-refractivity contribution in [1.82, 2.24) is 9.78 Å². The average Bonchev–Trinajstić information content (AvgIpc) is 2.80. The second-order valence-corrected chi connectivity index (χ2v) is 5.26. The third-order valence-electron chi connectivity index (χ3n) is 3.82. The van der Waals surface area contributed by atoms with Gasteiger partial charge in [0.15, 0.2) is 0 Å². The fraction of sp³-hybridized carbons (Fsp3) is 0.267. The van der Waals surface area contributed by atoms with Crippen LogP contribution in [-0.2, 0) is 18.3 Å². The van der Waals surface area contributed by atoms with Crippen LogP contribution < -0.4 is 10.6 Å². The first kappa shape index (κ1) is 14.2. The van der Waals surface area contributed by atoms with Gasteiger partial charge >= 0.3 is 0 Å². The summed E-state index contributed by atoms with van der Waals surface area (Å²) in [5.41, 5.74) is 2.46. The van der Waals surface area contributed by atoms with Gasteiger partial charge in [-0.1, -0.05) is 0 Å². The molecule has 3 rings (SSSR count). The summed E-state index contributed by atoms with van der Waals surface area (Å²) in [4.78, 5) is 23.5. The maximum atomic E-state index is 14.1. The fourth-order valence-electron chi connectivity index (χ4n) is 2.41. The number of nitrogens with zero attached hydrogens (tertiary/aromatic N) is 2. The molecule has 1 aromatic carbocycles. The normalized spacial score (nSPS) is 13.5. The quantitative estimate of drug-likeness (QED) is 0.891. The first-order valence-electron chi connectivity index (χ1n) is 6.88. The molecule has 22 heavy (non-hydrogen) atoms. The summed E-state index contributed by atoms with van der Waals surface area (Å²) in [5.74, 6) is -1.13. The Bertz CT molecular complexity index is 782. The summed E-state index contributed by atoms with van der Waals surface area (Å²) in [5, 5.41) is 9.18. The molecule has 0 atom stereocenters. The van der Waals surface area contributed by atoms with E-state index in [1.807, 2.05) is 0 Å². The molecule has 0 aliphatic carbocycles. The van der Waals surface area contributed by atoms with E-state index in [0.29, 0.717) is 29.8 Å². The molecule has 0 bridgehead atoms. The molecule has 6 nitrogen and oxygen atoms in total. The predicted molar refractivity (Wildman–Crippen MR) is 79.2 cm³/mol. The zero-order valence-corrected chi connectivity index (χ0v) is 12.2. The number of anilines is 2. The van der Waals surface area contributed by atoms with Crippen LogP contribution in [0.5, 0.6) is 0 Å². The van der Waals surface area contributed by atoms with E-state index in [1.165, 1.54) is 12.3 Å². The Morgan fingerprint density at radius 1 is 1.41 bits per heavy atom. The number of hydrogen-bond acceptors (Lipinski definition) is 3. The molecule has 2 N–H and O–H groups in total. The molecule has 0 radical (unpaired) electrons. The zero-order chi connectivity index (χ0) is 15.9. The Hall–Kier alpha value is -2.70. The minimum absolute atomic E-state index is 0.100. The number of amides is 2. The fourth-order valence-corrected chi connectivity index (χ4v) is 2.41. The standard InChI is InChI=1S/C15H15FN4O2/c1-8-10(7-17-20(8)2)15(22)19-13-5-9-3-4-14(21)18-12(9)6-11(13)16/h5-7H,3-4H2,1-2H3,(H,18,21)(H,19,22). The number of benzene rings is 1. The zero-order valence-electron chi connectivity index (χ0n) is 12.2. The van der Waals surface area contributed by atoms with Gasteiger partial charge in [-0.2, -0.15) is 5.10 Å². The summed E-state index contributed by atoms with van der Waals surface area (Å²) in [6.45, 7) is 1.76. The minimum Gasteiger partial charge on any atom is -0.326 e. The molecule has 0 spiro atoms. The Balaban J connectivity index is 1.88. The first-order valence-corrected chi connectivity index (χ1v) is 6.88. The van der Waals surface area contributed by atoms with E-state index in [1.54, 1.807) is 24.7 Å². The van der Waals surface area contributed by atoms with E-state index in [-0.39, 0.29) is 11.6 Å². The van der Waals surface area contributed by atoms with Gasteiger partial charge in [-0.15, -0.1) is 0 Å². The Labute approximate surface area is 126 Å². The molecule has 0 saturated carbocycles. The maximum Gasteiger partial charge on any atom is 0.259 e. The number of hydrogen-bond donors (Lipinski definition) is 2. The van der Waals surface area contributed by atoms with Crippen LogP contribution in [0.4, 0.5) is 15.8 Å². The number of nitrogens with one attached hydrogen (secondary N) is 2. The van der Waals surface area contributed by atoms with Crippen LogP contribution >= 0.6 is 0 Å². The van der Waals surface area contributed by atoms with Gasteiger partial charge < -0.3 is 10.6 Å². The van der Waals surface area contributed by atoms with E-state index in [0.717, 1.165) is 5.56 Å². The Morgan fingerprint density at radius 3 is 2.86 bits per heavy atom. The van der Waals surface area contributed by atoms with E-state index in [9.17, 15) is 14.0 Å². The number of carbonyl (C=O) groups is 2. The van der Waals surface area contributed by atoms with Crippen LogP contribution in [0.2, 0.25) is 0 Å². The lowest BCUT2D eigenvalue weighted by Gasteiger charge is -2.18. The van der Waals surface area contributed by atoms with Gasteiger partial charge in [0.1, 0.15) is 5.82 Å². The highest BCUT2D eigenvalue weighted by Crippen LogP contribution is 2.28. The average molecular weight is 302 g/mol. The summed E-state index contributed by atoms with van der Waals surface area (Å²) in [6.07, 6.45) is 2.32. The van der Waals surface area contributed by atoms with E-state index in [4.69, 9.17) is 0 Å². The lowest BCUT2D eigenvalue weighted by molar-refractivity contribution is -0.116. The van der Waals surface area contributed by atoms with Crippen LogP contribution in [0.15, 0.2) is 18.3 Å². The SMILES string of the molecule is Cc1c(C(=O)Nc2cc3c(cc2F)NC(=O)CC3)cnn1C. The van der Waals surface area contributed by atoms with Crippen LogP contribution in [-0.4, -0.2) is 21.6 Å². The molecular formula is C15H15FN4O2. The molecular weight excluding hydrogens is 287 g/mol. The van der Waals surface area contributed by atoms with E-state index in [2.05, 4.69) is 15.7 Å². The Kier molecular flexibility index (Phi) is 3.40. The van der Waals surface area contributed by atoms with Crippen molar-refractivity contribution in [3.05, 3.63) is 41.0 Å². The van der Waals surface area contributed by atoms with Gasteiger partial charge in [0.25, 0.3) is 5.91 Å². The van der Waals surface area contributed by atoms with Crippen molar-refractivity contribution >= 4 is 23.2 Å². The summed E-state index contributed by atoms with van der Waals surface area (Å²) in [6, 6.07) is 2.80. The number of carbonyl (C=O) groups excluding carboxylic acids is 2. The Morgan fingerprint density at radius 2 is 2.18 bits per heavy atom. The molecule has 114 valence electrons. The molecule has 2 aromatic rings. The molecule has 7 heteroatoms. The highest BCUT2D eigenvalue weighted by molar-refractivity contribution is 6.05. The first-order chi connectivity index (χ1) is 10.5. The van der Waals surface area contributed by atoms with Gasteiger partial charge in [0.2, 0.25) is 5.91 Å². The summed E-state index contributed by atoms with van der Waals surface area (Å²) < 4.78 is 15.7. The molecule has 0 fully saturated rings. The molecule has 0 unspecified atom stereocenters. The number of aryl methyl sites for hydroxylation is 2. The van der Waals surface area contributed by atoms with Crippen molar-refractivity contribution in [2.45, 2.75) is 19.8 Å². The number of aromatic nitrogens is 2. The molecule has 2 heterocycles. The van der Waals surface area contributed by atoms with Gasteiger partial charge in [0.05, 0.1) is 17.4 Å². The molecule has 2 amide bonds. The third-order valence-corrected chi connectivity index (χ3v) is 3.82. The second kappa shape index (κ2) is 5.25. The lowest BCUT2D eigenvalue weighted by Crippen LogP contribution is -2.20. The van der Waals surface area contributed by atoms with E-state index >= 15 is 0 Å². The highest BCUT2D eigenvalue weighted by Gasteiger charge is 2.20. The second-order valence-electron chi connectivity index (χ2n) is 5.26. The van der Waals surface area contributed by atoms with Crippen molar-refractivity contribution < 1.29 is 14.0 Å². The monoisotopic (exact) mass is 302 g/mol. The largest absolute Gasteiger partial charge is 0.326 e. The van der Waals surface area contributed by atoms with Crippen LogP contribution in [0.25, 0.3) is 0 Å². The van der Waals surface area contributed by atoms with Crippen LogP contribution in [0.1, 0.15) is 28.0 Å². The van der Waals surface area contributed by atoms with Crippen molar-refractivity contribution in [2.75, 3.05) is 10.6 Å². The highest BCUT2D eigenvalue weighted by atomic mass is 19.1. The predicted octanol–water partition coefficient (Wildman–Crippen LogP) is 2.00. The van der Waals surface area contributed by atoms with Crippen molar-refractivity contribution in [3.63, 3.8) is 0 Å². The van der Waals surface area contributed by atoms with Crippen molar-refractivity contribution in [3.8, 4) is 0 Å². The van der Waals surface area contributed by atoms with Gasteiger partial charge in [0, 0.05) is 24.8 Å². The minimum atomic E-state index is -0.587. The molecule has 1 aliphatic heterocycles.